The van der Waals surface area contributed by atoms with Crippen molar-refractivity contribution in [1.29, 1.82) is 0 Å². The molecule has 0 spiro atoms. The van der Waals surface area contributed by atoms with Crippen molar-refractivity contribution in [2.24, 2.45) is 35.5 Å². The summed E-state index contributed by atoms with van der Waals surface area (Å²) in [4.78, 5) is 0. The first-order valence-electron chi connectivity index (χ1n) is 16.4. The molecule has 0 N–H and O–H groups in total. The second kappa shape index (κ2) is 12.8. The van der Waals surface area contributed by atoms with E-state index < -0.39 is 0 Å². The van der Waals surface area contributed by atoms with E-state index in [1.807, 2.05) is 6.07 Å². The monoisotopic (exact) mass is 494 g/mol. The summed E-state index contributed by atoms with van der Waals surface area (Å²) in [6.07, 6.45) is 26.3. The highest BCUT2D eigenvalue weighted by atomic mass is 19.1. The van der Waals surface area contributed by atoms with E-state index in [2.05, 4.69) is 26.0 Å². The summed E-state index contributed by atoms with van der Waals surface area (Å²) >= 11 is 0. The van der Waals surface area contributed by atoms with Gasteiger partial charge >= 0.3 is 0 Å². The molecule has 0 unspecified atom stereocenters. The van der Waals surface area contributed by atoms with Gasteiger partial charge in [-0.05, 0) is 142 Å². The average Bonchev–Trinajstić information content (AvgIpc) is 2.94. The van der Waals surface area contributed by atoms with Crippen LogP contribution in [0.5, 0.6) is 0 Å². The van der Waals surface area contributed by atoms with Gasteiger partial charge in [0.1, 0.15) is 5.82 Å². The minimum atomic E-state index is 0.107. The second-order valence-electron chi connectivity index (χ2n) is 13.8. The number of rotatable bonds is 7. The highest BCUT2D eigenvalue weighted by Gasteiger charge is 2.33. The van der Waals surface area contributed by atoms with Crippen LogP contribution >= 0.6 is 0 Å². The van der Waals surface area contributed by atoms with Gasteiger partial charge in [0.25, 0.3) is 0 Å². The van der Waals surface area contributed by atoms with Gasteiger partial charge in [-0.25, -0.2) is 4.39 Å². The fraction of sp³-hybridized carbons (Fsp3) is 0.829. The molecule has 0 nitrogen and oxygen atoms in total. The van der Waals surface area contributed by atoms with E-state index >= 15 is 4.39 Å². The Morgan fingerprint density at radius 1 is 0.583 bits per heavy atom. The number of hydrogen-bond acceptors (Lipinski definition) is 0. The molecule has 0 saturated heterocycles. The van der Waals surface area contributed by atoms with Crippen LogP contribution in [-0.2, 0) is 0 Å². The van der Waals surface area contributed by atoms with Crippen molar-refractivity contribution in [2.75, 3.05) is 0 Å². The van der Waals surface area contributed by atoms with Gasteiger partial charge in [-0.2, -0.15) is 0 Å². The Labute approximate surface area is 222 Å². The summed E-state index contributed by atoms with van der Waals surface area (Å²) in [6, 6.07) is 6.47. The van der Waals surface area contributed by atoms with Crippen LogP contribution < -0.4 is 0 Å². The lowest BCUT2D eigenvalue weighted by Crippen LogP contribution is -2.26. The van der Waals surface area contributed by atoms with Crippen LogP contribution in [0.1, 0.15) is 159 Å². The molecule has 36 heavy (non-hydrogen) atoms. The maximum Gasteiger partial charge on any atom is 0.126 e. The van der Waals surface area contributed by atoms with Crippen LogP contribution in [0, 0.1) is 41.3 Å². The number of benzene rings is 1. The van der Waals surface area contributed by atoms with Crippen molar-refractivity contribution >= 4 is 0 Å². The summed E-state index contributed by atoms with van der Waals surface area (Å²) in [7, 11) is 0. The van der Waals surface area contributed by atoms with Gasteiger partial charge in [-0.3, -0.25) is 0 Å². The maximum atomic E-state index is 15.4. The van der Waals surface area contributed by atoms with E-state index in [0.29, 0.717) is 11.8 Å². The third-order valence-electron chi connectivity index (χ3n) is 11.9. The lowest BCUT2D eigenvalue weighted by atomic mass is 9.67. The Kier molecular flexibility index (Phi) is 9.51. The Morgan fingerprint density at radius 3 is 1.53 bits per heavy atom. The van der Waals surface area contributed by atoms with Gasteiger partial charge in [0, 0.05) is 0 Å². The highest BCUT2D eigenvalue weighted by Crippen LogP contribution is 2.47. The molecule has 0 heterocycles. The summed E-state index contributed by atoms with van der Waals surface area (Å²) in [5.41, 5.74) is 2.33. The predicted molar refractivity (Wildman–Crippen MR) is 152 cm³/mol. The topological polar surface area (TPSA) is 0 Å². The SMILES string of the molecule is CCCC1CCC(C2CCC(c3ccc(C4CCC(C5CCC(CC)CC5)CC4)c(F)c3)CC2)CC1. The van der Waals surface area contributed by atoms with Crippen molar-refractivity contribution in [3.63, 3.8) is 0 Å². The van der Waals surface area contributed by atoms with Crippen molar-refractivity contribution < 1.29 is 4.39 Å². The van der Waals surface area contributed by atoms with Crippen LogP contribution in [0.4, 0.5) is 4.39 Å². The molecule has 0 aromatic heterocycles. The predicted octanol–water partition coefficient (Wildman–Crippen LogP) is 11.2. The molecule has 1 aromatic rings. The van der Waals surface area contributed by atoms with Gasteiger partial charge in [0.2, 0.25) is 0 Å². The van der Waals surface area contributed by atoms with Crippen molar-refractivity contribution in [2.45, 2.75) is 148 Å². The van der Waals surface area contributed by atoms with Crippen molar-refractivity contribution in [1.82, 2.24) is 0 Å². The molecule has 5 rings (SSSR count). The standard InChI is InChI=1S/C35H55F/c1-3-5-26-8-12-28(13-9-26)29-14-16-31(17-15-29)33-22-23-34(35(36)24-33)32-20-18-30(19-21-32)27-10-6-25(4-2)7-11-27/h22-32H,3-21H2,1-2H3. The molecule has 1 aromatic carbocycles. The zero-order chi connectivity index (χ0) is 24.9. The van der Waals surface area contributed by atoms with Crippen molar-refractivity contribution in [3.05, 3.63) is 35.1 Å². The molecule has 0 atom stereocenters. The van der Waals surface area contributed by atoms with Crippen LogP contribution in [0.2, 0.25) is 0 Å². The van der Waals surface area contributed by atoms with E-state index in [0.717, 1.165) is 41.1 Å². The third-order valence-corrected chi connectivity index (χ3v) is 11.9. The fourth-order valence-corrected chi connectivity index (χ4v) is 9.38. The molecule has 202 valence electrons. The molecule has 4 fully saturated rings. The van der Waals surface area contributed by atoms with E-state index in [1.54, 1.807) is 0 Å². The van der Waals surface area contributed by atoms with E-state index in [-0.39, 0.29) is 5.82 Å². The fourth-order valence-electron chi connectivity index (χ4n) is 9.38. The first-order chi connectivity index (χ1) is 17.6. The largest absolute Gasteiger partial charge is 0.207 e. The Bertz CT molecular complexity index is 781. The minimum absolute atomic E-state index is 0.107. The summed E-state index contributed by atoms with van der Waals surface area (Å²) in [5.74, 6) is 6.97. The van der Waals surface area contributed by atoms with E-state index in [1.165, 1.54) is 128 Å². The summed E-state index contributed by atoms with van der Waals surface area (Å²) in [5, 5.41) is 0. The normalized spacial score (nSPS) is 38.1. The molecular weight excluding hydrogens is 439 g/mol. The highest BCUT2D eigenvalue weighted by molar-refractivity contribution is 5.30. The summed E-state index contributed by atoms with van der Waals surface area (Å²) in [6.45, 7) is 4.70. The third kappa shape index (κ3) is 6.40. The Morgan fingerprint density at radius 2 is 1.06 bits per heavy atom. The molecule has 4 aliphatic rings. The van der Waals surface area contributed by atoms with Crippen LogP contribution in [0.3, 0.4) is 0 Å². The van der Waals surface area contributed by atoms with Crippen LogP contribution in [-0.4, -0.2) is 0 Å². The Hall–Kier alpha value is -0.850. The van der Waals surface area contributed by atoms with E-state index in [9.17, 15) is 0 Å². The molecule has 0 bridgehead atoms. The van der Waals surface area contributed by atoms with Gasteiger partial charge in [-0.15, -0.1) is 0 Å². The number of hydrogen-bond donors (Lipinski definition) is 0. The molecule has 0 radical (unpaired) electrons. The van der Waals surface area contributed by atoms with Crippen LogP contribution in [0.15, 0.2) is 18.2 Å². The van der Waals surface area contributed by atoms with Gasteiger partial charge < -0.3 is 0 Å². The van der Waals surface area contributed by atoms with Gasteiger partial charge in [0.15, 0.2) is 0 Å². The Balaban J connectivity index is 1.08. The number of halogens is 1. The molecular formula is C35H55F. The molecule has 0 amide bonds. The van der Waals surface area contributed by atoms with Crippen LogP contribution in [0.25, 0.3) is 0 Å². The van der Waals surface area contributed by atoms with Gasteiger partial charge in [0.05, 0.1) is 0 Å². The second-order valence-corrected chi connectivity index (χ2v) is 13.8. The lowest BCUT2D eigenvalue weighted by molar-refractivity contribution is 0.156. The zero-order valence-electron chi connectivity index (χ0n) is 23.7. The smallest absolute Gasteiger partial charge is 0.126 e. The summed E-state index contributed by atoms with van der Waals surface area (Å²) < 4.78 is 15.4. The first kappa shape index (κ1) is 26.7. The minimum Gasteiger partial charge on any atom is -0.207 e. The molecule has 4 saturated carbocycles. The lowest BCUT2D eigenvalue weighted by Gasteiger charge is -2.38. The molecule has 1 heteroatoms. The molecule has 4 aliphatic carbocycles. The molecule has 0 aliphatic heterocycles. The van der Waals surface area contributed by atoms with Gasteiger partial charge in [-0.1, -0.05) is 70.9 Å². The average molecular weight is 495 g/mol. The van der Waals surface area contributed by atoms with Crippen molar-refractivity contribution in [3.8, 4) is 0 Å². The van der Waals surface area contributed by atoms with E-state index in [4.69, 9.17) is 0 Å². The quantitative estimate of drug-likeness (QED) is 0.353. The first-order valence-corrected chi connectivity index (χ1v) is 16.4. The zero-order valence-corrected chi connectivity index (χ0v) is 23.7. The maximum absolute atomic E-state index is 15.4.